The molecular weight excluding hydrogens is 524 g/mol. The molecule has 210 valence electrons. The smallest absolute Gasteiger partial charge is 0.333 e. The van der Waals surface area contributed by atoms with Crippen molar-refractivity contribution in [3.63, 3.8) is 0 Å². The highest BCUT2D eigenvalue weighted by Gasteiger charge is 2.48. The third-order valence-electron chi connectivity index (χ3n) is 7.39. The number of hydrogen-bond donors (Lipinski definition) is 3. The van der Waals surface area contributed by atoms with E-state index in [9.17, 15) is 33.7 Å². The second-order valence-corrected chi connectivity index (χ2v) is 10.1. The molecule has 4 unspecified atom stereocenters. The monoisotopic (exact) mass is 553 g/mol. The maximum atomic E-state index is 13.7. The van der Waals surface area contributed by atoms with E-state index in [1.165, 1.54) is 48.5 Å². The van der Waals surface area contributed by atoms with Crippen molar-refractivity contribution < 1.29 is 43.2 Å². The van der Waals surface area contributed by atoms with Gasteiger partial charge < -0.3 is 29.7 Å². The first-order chi connectivity index (χ1) is 19.2. The number of hydrogen-bond acceptors (Lipinski definition) is 6. The number of phenols is 1. The van der Waals surface area contributed by atoms with Gasteiger partial charge in [0.1, 0.15) is 17.4 Å². The molecule has 40 heavy (non-hydrogen) atoms. The molecule has 3 aromatic rings. The highest BCUT2D eigenvalue weighted by Crippen LogP contribution is 2.47. The number of nitrogens with zero attached hydrogens (tertiary/aromatic N) is 1. The van der Waals surface area contributed by atoms with Crippen molar-refractivity contribution in [3.8, 4) is 5.75 Å². The number of carboxylic acids is 1. The number of amides is 1. The second kappa shape index (κ2) is 11.7. The number of β-lactam (4-membered cyclic amide) rings is 1. The molecule has 5 rings (SSSR count). The first kappa shape index (κ1) is 27.7. The van der Waals surface area contributed by atoms with Crippen LogP contribution in [0, 0.1) is 17.6 Å². The Labute approximate surface area is 229 Å². The number of aliphatic hydroxyl groups excluding tert-OH is 1. The van der Waals surface area contributed by atoms with Crippen molar-refractivity contribution >= 4 is 17.6 Å². The van der Waals surface area contributed by atoms with Gasteiger partial charge in [0, 0.05) is 18.5 Å². The molecule has 8 nitrogen and oxygen atoms in total. The first-order valence-corrected chi connectivity index (χ1v) is 13.0. The second-order valence-electron chi connectivity index (χ2n) is 10.1. The number of carboxylic acid groups (broad SMARTS) is 1. The number of aliphatic hydroxyl groups is 1. The summed E-state index contributed by atoms with van der Waals surface area (Å²) in [6.07, 6.45) is -3.18. The minimum atomic E-state index is -1.22. The summed E-state index contributed by atoms with van der Waals surface area (Å²) in [5.74, 6) is -2.63. The Morgan fingerprint density at radius 1 is 0.975 bits per heavy atom. The molecule has 2 saturated heterocycles. The molecule has 2 fully saturated rings. The molecule has 0 spiro atoms. The number of rotatable bonds is 9. The summed E-state index contributed by atoms with van der Waals surface area (Å²) >= 11 is 0. The van der Waals surface area contributed by atoms with E-state index in [1.54, 1.807) is 29.2 Å². The van der Waals surface area contributed by atoms with Gasteiger partial charge in [0.15, 0.2) is 12.4 Å². The zero-order chi connectivity index (χ0) is 28.4. The lowest BCUT2D eigenvalue weighted by Gasteiger charge is -2.48. The van der Waals surface area contributed by atoms with E-state index in [0.717, 1.165) is 5.56 Å². The topological polar surface area (TPSA) is 117 Å². The quantitative estimate of drug-likeness (QED) is 0.324. The van der Waals surface area contributed by atoms with Crippen molar-refractivity contribution in [2.75, 3.05) is 4.90 Å². The maximum absolute atomic E-state index is 13.7. The lowest BCUT2D eigenvalue weighted by atomic mass is 9.78. The first-order valence-electron chi connectivity index (χ1n) is 13.0. The Morgan fingerprint density at radius 3 is 2.23 bits per heavy atom. The zero-order valence-electron chi connectivity index (χ0n) is 21.4. The summed E-state index contributed by atoms with van der Waals surface area (Å²) in [5, 5.41) is 29.3. The van der Waals surface area contributed by atoms with Crippen LogP contribution >= 0.6 is 0 Å². The minimum absolute atomic E-state index is 0.0550. The molecule has 0 saturated carbocycles. The van der Waals surface area contributed by atoms with E-state index < -0.39 is 54.2 Å². The molecule has 0 aliphatic carbocycles. The van der Waals surface area contributed by atoms with Gasteiger partial charge in [0.2, 0.25) is 5.91 Å². The van der Waals surface area contributed by atoms with Gasteiger partial charge in [-0.25, -0.2) is 13.6 Å². The summed E-state index contributed by atoms with van der Waals surface area (Å²) < 4.78 is 38.9. The van der Waals surface area contributed by atoms with Gasteiger partial charge >= 0.3 is 5.97 Å². The number of phenolic OH excluding ortho intramolecular Hbond substituents is 1. The van der Waals surface area contributed by atoms with Crippen LogP contribution in [0.2, 0.25) is 0 Å². The van der Waals surface area contributed by atoms with Crippen LogP contribution in [0.1, 0.15) is 49.0 Å². The highest BCUT2D eigenvalue weighted by molar-refractivity contribution is 6.03. The largest absolute Gasteiger partial charge is 0.508 e. The van der Waals surface area contributed by atoms with Crippen molar-refractivity contribution in [3.05, 3.63) is 95.6 Å². The number of carbonyl (C=O) groups is 2. The Bertz CT molecular complexity index is 1330. The van der Waals surface area contributed by atoms with Crippen molar-refractivity contribution in [1.29, 1.82) is 0 Å². The van der Waals surface area contributed by atoms with Gasteiger partial charge in [-0.1, -0.05) is 24.3 Å². The van der Waals surface area contributed by atoms with Gasteiger partial charge in [-0.3, -0.25) is 4.79 Å². The van der Waals surface area contributed by atoms with Crippen LogP contribution in [-0.4, -0.2) is 45.7 Å². The van der Waals surface area contributed by atoms with E-state index in [1.807, 2.05) is 0 Å². The molecule has 1 amide bonds. The molecule has 10 heteroatoms. The number of ether oxygens (including phenoxy) is 2. The van der Waals surface area contributed by atoms with Gasteiger partial charge in [0.05, 0.1) is 24.2 Å². The molecule has 6 atom stereocenters. The fourth-order valence-electron chi connectivity index (χ4n) is 5.38. The third kappa shape index (κ3) is 5.99. The van der Waals surface area contributed by atoms with E-state index >= 15 is 0 Å². The molecule has 0 radical (unpaired) electrons. The van der Waals surface area contributed by atoms with Crippen molar-refractivity contribution in [2.24, 2.45) is 5.92 Å². The van der Waals surface area contributed by atoms with Crippen LogP contribution in [0.4, 0.5) is 14.5 Å². The Kier molecular flexibility index (Phi) is 8.11. The van der Waals surface area contributed by atoms with E-state index in [-0.39, 0.29) is 24.5 Å². The molecule has 3 N–H and O–H groups in total. The van der Waals surface area contributed by atoms with Crippen LogP contribution in [0.15, 0.2) is 72.8 Å². The Balaban J connectivity index is 1.38. The number of benzene rings is 3. The van der Waals surface area contributed by atoms with Crippen LogP contribution in [0.5, 0.6) is 5.75 Å². The van der Waals surface area contributed by atoms with Crippen LogP contribution < -0.4 is 4.90 Å². The lowest BCUT2D eigenvalue weighted by molar-refractivity contribution is -0.239. The zero-order valence-corrected chi connectivity index (χ0v) is 21.4. The summed E-state index contributed by atoms with van der Waals surface area (Å²) in [6.45, 7) is 0. The standard InChI is InChI=1S/C30H29F2NO7/c31-19-5-1-17(2-6-19)25(39-27-16-23(35)15-26(40-27)30(37)38)14-13-24-28(18-3-11-22(34)12-4-18)33(29(24)36)21-9-7-20(32)8-10-21/h1-12,23-28,34-35H,13-16H2,(H,37,38)/t23?,24?,25-,26?,27+,28?/m0/s1. The number of halogens is 2. The van der Waals surface area contributed by atoms with Crippen molar-refractivity contribution in [1.82, 2.24) is 0 Å². The number of anilines is 1. The summed E-state index contributed by atoms with van der Waals surface area (Å²) in [4.78, 5) is 26.5. The van der Waals surface area contributed by atoms with Gasteiger partial charge in [-0.05, 0) is 72.5 Å². The van der Waals surface area contributed by atoms with E-state index in [2.05, 4.69) is 0 Å². The number of carbonyl (C=O) groups excluding carboxylic acids is 1. The third-order valence-corrected chi connectivity index (χ3v) is 7.39. The molecule has 3 aromatic carbocycles. The predicted molar refractivity (Wildman–Crippen MR) is 139 cm³/mol. The maximum Gasteiger partial charge on any atom is 0.333 e. The average molecular weight is 554 g/mol. The lowest BCUT2D eigenvalue weighted by Crippen LogP contribution is -2.55. The summed E-state index contributed by atoms with van der Waals surface area (Å²) in [6, 6.07) is 17.4. The fourth-order valence-corrected chi connectivity index (χ4v) is 5.38. The van der Waals surface area contributed by atoms with Crippen LogP contribution in [-0.2, 0) is 19.1 Å². The van der Waals surface area contributed by atoms with E-state index in [4.69, 9.17) is 9.47 Å². The van der Waals surface area contributed by atoms with Crippen LogP contribution in [0.3, 0.4) is 0 Å². The average Bonchev–Trinajstić information content (AvgIpc) is 2.93. The highest BCUT2D eigenvalue weighted by atomic mass is 19.1. The normalized spacial score (nSPS) is 25.3. The Morgan fingerprint density at radius 2 is 1.60 bits per heavy atom. The Hall–Kier alpha value is -3.86. The van der Waals surface area contributed by atoms with Gasteiger partial charge in [-0.2, -0.15) is 0 Å². The van der Waals surface area contributed by atoms with E-state index in [0.29, 0.717) is 24.1 Å². The number of aliphatic carboxylic acids is 1. The van der Waals surface area contributed by atoms with Crippen molar-refractivity contribution in [2.45, 2.75) is 56.3 Å². The molecule has 2 aliphatic rings. The van der Waals surface area contributed by atoms with Crippen LogP contribution in [0.25, 0.3) is 0 Å². The van der Waals surface area contributed by atoms with Gasteiger partial charge in [-0.15, -0.1) is 0 Å². The molecular formula is C30H29F2NO7. The van der Waals surface area contributed by atoms with Gasteiger partial charge in [0.25, 0.3) is 0 Å². The molecule has 0 aromatic heterocycles. The summed E-state index contributed by atoms with van der Waals surface area (Å²) in [7, 11) is 0. The number of aromatic hydroxyl groups is 1. The molecule has 2 heterocycles. The molecule has 2 aliphatic heterocycles. The molecule has 0 bridgehead atoms. The summed E-state index contributed by atoms with van der Waals surface area (Å²) in [5.41, 5.74) is 1.94. The predicted octanol–water partition coefficient (Wildman–Crippen LogP) is 4.86. The minimum Gasteiger partial charge on any atom is -0.508 e. The SMILES string of the molecule is O=C(O)C1CC(O)C[C@H](O[C@@H](CCC2C(=O)N(c3ccc(F)cc3)C2c2ccc(O)cc2)c2ccc(F)cc2)O1. The fraction of sp³-hybridized carbons (Fsp3) is 0.333.